The zero-order valence-electron chi connectivity index (χ0n) is 19.8. The lowest BCUT2D eigenvalue weighted by atomic mass is 9.99. The first kappa shape index (κ1) is 23.5. The lowest BCUT2D eigenvalue weighted by Gasteiger charge is -2.25. The van der Waals surface area contributed by atoms with Gasteiger partial charge in [-0.15, -0.1) is 0 Å². The number of furan rings is 1. The molecule has 0 saturated carbocycles. The van der Waals surface area contributed by atoms with Gasteiger partial charge in [-0.2, -0.15) is 5.10 Å². The van der Waals surface area contributed by atoms with E-state index in [9.17, 15) is 14.7 Å². The van der Waals surface area contributed by atoms with Crippen molar-refractivity contribution in [3.05, 3.63) is 77.5 Å². The molecule has 1 aliphatic rings. The largest absolute Gasteiger partial charge is 0.507 e. The minimum Gasteiger partial charge on any atom is -0.507 e. The maximum absolute atomic E-state index is 13.1. The smallest absolute Gasteiger partial charge is 0.295 e. The average Bonchev–Trinajstić information content (AvgIpc) is 3.57. The molecule has 1 N–H and O–H groups in total. The number of amides is 1. The van der Waals surface area contributed by atoms with Gasteiger partial charge in [-0.1, -0.05) is 32.0 Å². The number of carbonyl (C=O) groups is 2. The van der Waals surface area contributed by atoms with Crippen LogP contribution in [0.3, 0.4) is 0 Å². The standard InChI is InChI=1S/C26H30N4O4/c1-4-28(5-2)14-10-15-29-23(21-13-9-16-34-21)22(25(32)26(29)33)24(31)20-17-27-30(18(20)3)19-11-7-6-8-12-19/h6-9,11-13,16-17,23,31H,4-5,10,14-15H2,1-3H3/t23-/m0/s1. The number of carbonyl (C=O) groups excluding carboxylic acids is 2. The van der Waals surface area contributed by atoms with Crippen LogP contribution in [0.25, 0.3) is 11.4 Å². The molecule has 1 saturated heterocycles. The number of aromatic nitrogens is 2. The Labute approximate surface area is 199 Å². The van der Waals surface area contributed by atoms with Gasteiger partial charge < -0.3 is 19.3 Å². The molecule has 0 aliphatic carbocycles. The topological polar surface area (TPSA) is 91.8 Å². The van der Waals surface area contributed by atoms with Crippen LogP contribution >= 0.6 is 0 Å². The molecule has 0 bridgehead atoms. The molecule has 1 amide bonds. The second-order valence-corrected chi connectivity index (χ2v) is 8.28. The van der Waals surface area contributed by atoms with Crippen LogP contribution in [0.1, 0.15) is 43.3 Å². The average molecular weight is 463 g/mol. The maximum atomic E-state index is 13.1. The fourth-order valence-electron chi connectivity index (χ4n) is 4.47. The molecule has 3 aromatic rings. The predicted molar refractivity (Wildman–Crippen MR) is 128 cm³/mol. The van der Waals surface area contributed by atoms with Crippen LogP contribution in [0.4, 0.5) is 0 Å². The van der Waals surface area contributed by atoms with Crippen LogP contribution in [0, 0.1) is 6.92 Å². The third-order valence-electron chi connectivity index (χ3n) is 6.39. The van der Waals surface area contributed by atoms with Crippen molar-refractivity contribution in [2.24, 2.45) is 0 Å². The van der Waals surface area contributed by atoms with E-state index < -0.39 is 17.7 Å². The molecule has 8 heteroatoms. The van der Waals surface area contributed by atoms with Gasteiger partial charge in [-0.3, -0.25) is 9.59 Å². The Kier molecular flexibility index (Phi) is 6.98. The van der Waals surface area contributed by atoms with Gasteiger partial charge in [-0.25, -0.2) is 4.68 Å². The number of ketones is 1. The van der Waals surface area contributed by atoms with E-state index in [2.05, 4.69) is 23.8 Å². The molecule has 4 rings (SSSR count). The summed E-state index contributed by atoms with van der Waals surface area (Å²) in [6.07, 6.45) is 3.73. The summed E-state index contributed by atoms with van der Waals surface area (Å²) in [6, 6.07) is 12.2. The first-order valence-electron chi connectivity index (χ1n) is 11.6. The summed E-state index contributed by atoms with van der Waals surface area (Å²) >= 11 is 0. The second kappa shape index (κ2) is 10.1. The Hall–Kier alpha value is -3.65. The zero-order chi connectivity index (χ0) is 24.2. The Morgan fingerprint density at radius 1 is 1.12 bits per heavy atom. The van der Waals surface area contributed by atoms with Crippen LogP contribution in [0.5, 0.6) is 0 Å². The predicted octanol–water partition coefficient (Wildman–Crippen LogP) is 3.93. The van der Waals surface area contributed by atoms with E-state index in [1.54, 1.807) is 16.8 Å². The van der Waals surface area contributed by atoms with Crippen molar-refractivity contribution in [3.8, 4) is 5.69 Å². The molecule has 1 atom stereocenters. The minimum atomic E-state index is -0.786. The van der Waals surface area contributed by atoms with E-state index in [4.69, 9.17) is 4.42 Å². The van der Waals surface area contributed by atoms with Gasteiger partial charge in [0.25, 0.3) is 11.7 Å². The summed E-state index contributed by atoms with van der Waals surface area (Å²) in [5.41, 5.74) is 1.92. The summed E-state index contributed by atoms with van der Waals surface area (Å²) in [6.45, 7) is 9.03. The molecule has 8 nitrogen and oxygen atoms in total. The van der Waals surface area contributed by atoms with Gasteiger partial charge >= 0.3 is 0 Å². The van der Waals surface area contributed by atoms with Gasteiger partial charge in [0.2, 0.25) is 0 Å². The van der Waals surface area contributed by atoms with Crippen molar-refractivity contribution in [1.29, 1.82) is 0 Å². The molecule has 34 heavy (non-hydrogen) atoms. The highest BCUT2D eigenvalue weighted by Gasteiger charge is 2.47. The first-order chi connectivity index (χ1) is 16.5. The normalized spacial score (nSPS) is 17.8. The van der Waals surface area contributed by atoms with Crippen molar-refractivity contribution in [1.82, 2.24) is 19.6 Å². The Morgan fingerprint density at radius 2 is 1.85 bits per heavy atom. The summed E-state index contributed by atoms with van der Waals surface area (Å²) in [7, 11) is 0. The molecule has 0 spiro atoms. The Morgan fingerprint density at radius 3 is 2.50 bits per heavy atom. The lowest BCUT2D eigenvalue weighted by molar-refractivity contribution is -0.140. The number of aliphatic hydroxyl groups is 1. The number of aliphatic hydroxyl groups excluding tert-OH is 1. The number of benzene rings is 1. The van der Waals surface area contributed by atoms with Crippen LogP contribution in [-0.2, 0) is 9.59 Å². The van der Waals surface area contributed by atoms with Crippen molar-refractivity contribution in [3.63, 3.8) is 0 Å². The van der Waals surface area contributed by atoms with Crippen molar-refractivity contribution in [2.45, 2.75) is 33.2 Å². The van der Waals surface area contributed by atoms with Gasteiger partial charge in [0.05, 0.1) is 35.0 Å². The van der Waals surface area contributed by atoms with Crippen LogP contribution in [-0.4, -0.2) is 62.6 Å². The van der Waals surface area contributed by atoms with E-state index in [0.29, 0.717) is 30.0 Å². The second-order valence-electron chi connectivity index (χ2n) is 8.28. The highest BCUT2D eigenvalue weighted by atomic mass is 16.3. The highest BCUT2D eigenvalue weighted by molar-refractivity contribution is 6.46. The number of hydrogen-bond acceptors (Lipinski definition) is 6. The molecule has 3 heterocycles. The monoisotopic (exact) mass is 462 g/mol. The molecule has 0 radical (unpaired) electrons. The molecular formula is C26H30N4O4. The van der Waals surface area contributed by atoms with Gasteiger partial charge in [0.15, 0.2) is 0 Å². The molecule has 2 aromatic heterocycles. The quantitative estimate of drug-likeness (QED) is 0.294. The Bertz CT molecular complexity index is 1180. The fourth-order valence-corrected chi connectivity index (χ4v) is 4.47. The Balaban J connectivity index is 1.72. The van der Waals surface area contributed by atoms with Crippen LogP contribution in [0.2, 0.25) is 0 Å². The summed E-state index contributed by atoms with van der Waals surface area (Å²) in [4.78, 5) is 30.0. The molecule has 1 aliphatic heterocycles. The molecule has 0 unspecified atom stereocenters. The van der Waals surface area contributed by atoms with E-state index in [-0.39, 0.29) is 11.3 Å². The van der Waals surface area contributed by atoms with Gasteiger partial charge in [-0.05, 0) is 57.2 Å². The lowest BCUT2D eigenvalue weighted by Crippen LogP contribution is -2.33. The molecular weight excluding hydrogens is 432 g/mol. The minimum absolute atomic E-state index is 0.0264. The van der Waals surface area contributed by atoms with E-state index in [1.165, 1.54) is 17.4 Å². The van der Waals surface area contributed by atoms with Gasteiger partial charge in [0, 0.05) is 6.54 Å². The maximum Gasteiger partial charge on any atom is 0.295 e. The summed E-state index contributed by atoms with van der Waals surface area (Å²) in [5, 5.41) is 15.7. The number of Topliss-reactive ketones (excluding diaryl/α,β-unsaturated/α-hetero) is 1. The highest BCUT2D eigenvalue weighted by Crippen LogP contribution is 2.40. The number of para-hydroxylation sites is 1. The third-order valence-corrected chi connectivity index (χ3v) is 6.39. The zero-order valence-corrected chi connectivity index (χ0v) is 19.8. The molecule has 178 valence electrons. The van der Waals surface area contributed by atoms with Crippen molar-refractivity contribution < 1.29 is 19.1 Å². The van der Waals surface area contributed by atoms with E-state index in [0.717, 1.165) is 25.3 Å². The first-order valence-corrected chi connectivity index (χ1v) is 11.6. The summed E-state index contributed by atoms with van der Waals surface area (Å²) in [5.74, 6) is -1.15. The molecule has 1 aromatic carbocycles. The SMILES string of the molecule is CCN(CC)CCCN1C(=O)C(=O)C(=C(O)c2cnn(-c3ccccc3)c2C)[C@@H]1c1ccco1. The number of hydrogen-bond donors (Lipinski definition) is 1. The van der Waals surface area contributed by atoms with E-state index >= 15 is 0 Å². The van der Waals surface area contributed by atoms with Crippen LogP contribution < -0.4 is 0 Å². The van der Waals surface area contributed by atoms with E-state index in [1.807, 2.05) is 37.3 Å². The van der Waals surface area contributed by atoms with Gasteiger partial charge in [0.1, 0.15) is 17.6 Å². The van der Waals surface area contributed by atoms with Crippen molar-refractivity contribution >= 4 is 17.4 Å². The summed E-state index contributed by atoms with van der Waals surface area (Å²) < 4.78 is 7.30. The van der Waals surface area contributed by atoms with Crippen molar-refractivity contribution in [2.75, 3.05) is 26.2 Å². The number of likely N-dealkylation sites (tertiary alicyclic amines) is 1. The fraction of sp³-hybridized carbons (Fsp3) is 0.346. The number of rotatable bonds is 9. The molecule has 1 fully saturated rings. The number of nitrogens with zero attached hydrogens (tertiary/aromatic N) is 4. The third kappa shape index (κ3) is 4.28. The van der Waals surface area contributed by atoms with Crippen LogP contribution in [0.15, 0.2) is 64.9 Å².